The number of nitrogens with one attached hydrogen (secondary N) is 2. The molecule has 0 aromatic carbocycles. The quantitative estimate of drug-likeness (QED) is 0.145. The number of nitrogens with two attached hydrogens (primary N) is 2. The van der Waals surface area contributed by atoms with Gasteiger partial charge in [0.05, 0.1) is 6.20 Å². The third-order valence-corrected chi connectivity index (χ3v) is 11.3. The third kappa shape index (κ3) is 5.32. The third-order valence-electron chi connectivity index (χ3n) is 6.50. The van der Waals surface area contributed by atoms with E-state index in [0.717, 1.165) is 0 Å². The van der Waals surface area contributed by atoms with E-state index in [0.29, 0.717) is 33.0 Å². The molecule has 3 unspecified atom stereocenters. The molecule has 2 fully saturated rings. The Morgan fingerprint density at radius 3 is 2.63 bits per heavy atom. The number of carboxylic acid groups (broad SMARTS) is 2. The van der Waals surface area contributed by atoms with Gasteiger partial charge in [0, 0.05) is 22.5 Å². The summed E-state index contributed by atoms with van der Waals surface area (Å²) in [5.41, 5.74) is 11.5. The number of aromatic amines is 2. The summed E-state index contributed by atoms with van der Waals surface area (Å²) in [7, 11) is 0. The van der Waals surface area contributed by atoms with Crippen LogP contribution in [0.15, 0.2) is 39.4 Å². The monoisotopic (exact) mass is 641 g/mol. The Hall–Kier alpha value is -3.11. The Bertz CT molecular complexity index is 1420. The molecule has 0 saturated carbocycles. The summed E-state index contributed by atoms with van der Waals surface area (Å²) in [5.74, 6) is -1.55. The number of amides is 2. The molecule has 2 saturated heterocycles. The highest BCUT2D eigenvalue weighted by Gasteiger charge is 2.61. The molecule has 21 heteroatoms. The molecule has 4 aliphatic heterocycles. The van der Waals surface area contributed by atoms with Gasteiger partial charge >= 0.3 is 11.9 Å². The van der Waals surface area contributed by atoms with Crippen LogP contribution in [0.1, 0.15) is 6.92 Å². The van der Waals surface area contributed by atoms with Gasteiger partial charge in [-0.15, -0.1) is 45.5 Å². The molecular formula is C20H23N11O6S4. The first-order valence-electron chi connectivity index (χ1n) is 11.8. The predicted octanol–water partition coefficient (Wildman–Crippen LogP) is -1.26. The number of carboxylic acids is 2. The van der Waals surface area contributed by atoms with E-state index >= 15 is 0 Å². The fourth-order valence-corrected chi connectivity index (χ4v) is 9.10. The van der Waals surface area contributed by atoms with Gasteiger partial charge in [-0.05, 0) is 29.0 Å². The van der Waals surface area contributed by atoms with Crippen LogP contribution in [0.5, 0.6) is 0 Å². The average molecular weight is 642 g/mol. The Balaban J connectivity index is 0.000000165. The van der Waals surface area contributed by atoms with Gasteiger partial charge in [0.15, 0.2) is 0 Å². The molecule has 4 aliphatic rings. The van der Waals surface area contributed by atoms with Gasteiger partial charge in [-0.3, -0.25) is 24.5 Å². The van der Waals surface area contributed by atoms with Crippen molar-refractivity contribution in [1.82, 2.24) is 45.8 Å². The van der Waals surface area contributed by atoms with E-state index in [-0.39, 0.29) is 39.2 Å². The van der Waals surface area contributed by atoms with Crippen molar-refractivity contribution in [1.29, 1.82) is 0 Å². The number of nitrogens with zero attached hydrogens (tertiary/aromatic N) is 7. The Morgan fingerprint density at radius 2 is 2.00 bits per heavy atom. The number of aromatic nitrogens is 7. The van der Waals surface area contributed by atoms with Crippen LogP contribution < -0.4 is 11.5 Å². The van der Waals surface area contributed by atoms with Gasteiger partial charge in [0.2, 0.25) is 11.1 Å². The summed E-state index contributed by atoms with van der Waals surface area (Å²) in [6, 6.07) is -0.618. The number of aliphatic carboxylic acids is 2. The number of H-pyrrole nitrogens is 2. The number of carbonyl (C=O) groups is 4. The molecule has 0 radical (unpaired) electrons. The second-order valence-electron chi connectivity index (χ2n) is 8.98. The zero-order valence-electron chi connectivity index (χ0n) is 21.0. The minimum Gasteiger partial charge on any atom is -0.477 e. The normalized spacial score (nSPS) is 27.5. The van der Waals surface area contributed by atoms with Crippen LogP contribution in [-0.4, -0.2) is 125 Å². The Kier molecular flexibility index (Phi) is 8.34. The maximum atomic E-state index is 12.2. The first-order chi connectivity index (χ1) is 19.5. The molecule has 2 aromatic rings. The number of tetrazole rings is 1. The molecular weight excluding hydrogens is 619 g/mol. The van der Waals surface area contributed by atoms with Gasteiger partial charge in [0.25, 0.3) is 5.91 Å². The summed E-state index contributed by atoms with van der Waals surface area (Å²) in [5, 5.41) is 42.2. The lowest BCUT2D eigenvalue weighted by molar-refractivity contribution is -0.153. The van der Waals surface area contributed by atoms with Gasteiger partial charge in [0.1, 0.15) is 38.7 Å². The summed E-state index contributed by atoms with van der Waals surface area (Å²) >= 11 is 5.58. The highest BCUT2D eigenvalue weighted by molar-refractivity contribution is 8.01. The van der Waals surface area contributed by atoms with Gasteiger partial charge < -0.3 is 21.7 Å². The van der Waals surface area contributed by atoms with Crippen molar-refractivity contribution in [2.45, 2.75) is 44.7 Å². The largest absolute Gasteiger partial charge is 0.477 e. The van der Waals surface area contributed by atoms with Crippen molar-refractivity contribution in [2.75, 3.05) is 17.3 Å². The van der Waals surface area contributed by atoms with Crippen molar-refractivity contribution < 1.29 is 29.4 Å². The van der Waals surface area contributed by atoms with Crippen LogP contribution in [0, 0.1) is 0 Å². The van der Waals surface area contributed by atoms with Crippen LogP contribution in [0.2, 0.25) is 0 Å². The van der Waals surface area contributed by atoms with Crippen LogP contribution in [0.25, 0.3) is 0 Å². The Labute approximate surface area is 248 Å². The van der Waals surface area contributed by atoms with E-state index in [1.54, 1.807) is 6.20 Å². The maximum absolute atomic E-state index is 12.2. The molecule has 2 aromatic heterocycles. The first kappa shape index (κ1) is 29.4. The van der Waals surface area contributed by atoms with Crippen LogP contribution in [0.4, 0.5) is 0 Å². The zero-order chi connectivity index (χ0) is 29.5. The minimum absolute atomic E-state index is 0.0197. The lowest BCUT2D eigenvalue weighted by atomic mass is 9.90. The number of rotatable bonds is 8. The predicted molar refractivity (Wildman–Crippen MR) is 148 cm³/mol. The molecule has 41 heavy (non-hydrogen) atoms. The first-order valence-corrected chi connectivity index (χ1v) is 15.7. The fraction of sp³-hybridized carbons (Fsp3) is 0.450. The van der Waals surface area contributed by atoms with Crippen molar-refractivity contribution in [3.05, 3.63) is 29.2 Å². The molecule has 17 nitrogen and oxygen atoms in total. The summed E-state index contributed by atoms with van der Waals surface area (Å²) in [6.07, 6.45) is 3.15. The topological polar surface area (TPSA) is 263 Å². The summed E-state index contributed by atoms with van der Waals surface area (Å²) in [6.45, 7) is 1.86. The molecule has 2 amide bonds. The maximum Gasteiger partial charge on any atom is 0.352 e. The molecule has 6 rings (SSSR count). The molecule has 0 spiro atoms. The molecule has 6 heterocycles. The van der Waals surface area contributed by atoms with Gasteiger partial charge in [-0.2, -0.15) is 0 Å². The second-order valence-corrected chi connectivity index (χ2v) is 13.5. The van der Waals surface area contributed by atoms with E-state index in [2.05, 4.69) is 36.0 Å². The molecule has 0 bridgehead atoms. The molecule has 5 atom stereocenters. The van der Waals surface area contributed by atoms with Crippen molar-refractivity contribution >= 4 is 70.8 Å². The number of carbonyl (C=O) groups excluding carboxylic acids is 2. The highest BCUT2D eigenvalue weighted by Crippen LogP contribution is 2.45. The number of hydrogen-bond donors (Lipinski definition) is 6. The number of hydrogen-bond acceptors (Lipinski definition) is 15. The SMILES string of the molecule is CC(Sc1nnn[nH]1)C1=C(C(=O)O)N2C(=O)C(N)[C@@H]2SC1.NC1(CSc2c[nH]nn2)C(=O)N2C(C(=O)O)=CCS[C@H]21. The van der Waals surface area contributed by atoms with E-state index < -0.39 is 23.5 Å². The fourth-order valence-electron chi connectivity index (χ4n) is 4.44. The van der Waals surface area contributed by atoms with Crippen LogP contribution in [-0.2, 0) is 19.2 Å². The van der Waals surface area contributed by atoms with Crippen molar-refractivity contribution in [2.24, 2.45) is 11.5 Å². The molecule has 8 N–H and O–H groups in total. The van der Waals surface area contributed by atoms with Gasteiger partial charge in [-0.25, -0.2) is 14.7 Å². The van der Waals surface area contributed by atoms with Crippen LogP contribution in [0.3, 0.4) is 0 Å². The van der Waals surface area contributed by atoms with Crippen molar-refractivity contribution in [3.63, 3.8) is 0 Å². The van der Waals surface area contributed by atoms with Gasteiger partial charge in [-0.1, -0.05) is 17.0 Å². The highest BCUT2D eigenvalue weighted by atomic mass is 32.2. The summed E-state index contributed by atoms with van der Waals surface area (Å²) < 4.78 is 0. The molecule has 218 valence electrons. The standard InChI is InChI=1S/C10H12N6O3S2.C10H11N5O3S2/c1-3(21-10-12-14-15-13-10)4-2-20-8-5(11)7(17)16(8)6(4)9(18)19;11-10(4-20-6-3-12-14-13-6)8(18)15-5(7(16)17)1-2-19-9(10)15/h3,5,8H,2,11H2,1H3,(H,18,19)(H,12,13,14,15);1,3,9H,2,4,11H2,(H,16,17)(H,12,13,14)/t3?,5?,8-;9-,10?/m00/s1. The summed E-state index contributed by atoms with van der Waals surface area (Å²) in [4.78, 5) is 49.3. The van der Waals surface area contributed by atoms with Crippen LogP contribution >= 0.6 is 47.0 Å². The van der Waals surface area contributed by atoms with E-state index in [1.807, 2.05) is 6.92 Å². The van der Waals surface area contributed by atoms with Crippen molar-refractivity contribution in [3.8, 4) is 0 Å². The smallest absolute Gasteiger partial charge is 0.352 e. The Morgan fingerprint density at radius 1 is 1.22 bits per heavy atom. The van der Waals surface area contributed by atoms with E-state index in [9.17, 15) is 24.3 Å². The zero-order valence-corrected chi connectivity index (χ0v) is 24.3. The van der Waals surface area contributed by atoms with E-state index in [1.165, 1.54) is 62.9 Å². The lowest BCUT2D eigenvalue weighted by Crippen LogP contribution is -2.78. The number of fused-ring (bicyclic) bond motifs is 2. The number of thioether (sulfide) groups is 4. The average Bonchev–Trinajstić information content (AvgIpc) is 3.69. The lowest BCUT2D eigenvalue weighted by Gasteiger charge is -2.54. The second kappa shape index (κ2) is 11.6. The minimum atomic E-state index is -1.11. The van der Waals surface area contributed by atoms with E-state index in [4.69, 9.17) is 16.6 Å². The number of β-lactam (4-membered cyclic amide) rings is 2. The molecule has 0 aliphatic carbocycles.